The Kier molecular flexibility index (Phi) is 31.2. The molecule has 1 aliphatic heterocycles. The van der Waals surface area contributed by atoms with E-state index in [-0.39, 0.29) is 0 Å². The molecule has 0 radical (unpaired) electrons. The second-order valence-electron chi connectivity index (χ2n) is 21.7. The van der Waals surface area contributed by atoms with Gasteiger partial charge in [-0.05, 0) is 137 Å². The van der Waals surface area contributed by atoms with Gasteiger partial charge in [0, 0.05) is 54.4 Å². The van der Waals surface area contributed by atoms with Crippen molar-refractivity contribution in [2.24, 2.45) is 34.5 Å². The summed E-state index contributed by atoms with van der Waals surface area (Å²) in [6, 6.07) is 21.3. The third-order valence-electron chi connectivity index (χ3n) is 14.9. The number of hydrogen-bond acceptors (Lipinski definition) is 4. The van der Waals surface area contributed by atoms with Crippen LogP contribution in [0.15, 0.2) is 79.2 Å². The minimum atomic E-state index is -0.528. The smallest absolute Gasteiger partial charge is 0.0983 e. The van der Waals surface area contributed by atoms with Gasteiger partial charge in [-0.25, -0.2) is 0 Å². The van der Waals surface area contributed by atoms with E-state index in [0.717, 1.165) is 68.9 Å². The minimum absolute atomic E-state index is 0.342. The Morgan fingerprint density at radius 3 is 1.93 bits per heavy atom. The molecule has 5 nitrogen and oxygen atoms in total. The number of benzene rings is 2. The van der Waals surface area contributed by atoms with E-state index in [1.54, 1.807) is 13.4 Å². The van der Waals surface area contributed by atoms with Crippen LogP contribution >= 0.6 is 0 Å². The summed E-state index contributed by atoms with van der Waals surface area (Å²) in [6.07, 6.45) is 21.5. The Morgan fingerprint density at radius 1 is 0.928 bits per heavy atom. The van der Waals surface area contributed by atoms with Crippen molar-refractivity contribution in [1.82, 2.24) is 14.8 Å². The summed E-state index contributed by atoms with van der Waals surface area (Å²) in [7, 11) is 5.85. The van der Waals surface area contributed by atoms with Crippen molar-refractivity contribution < 1.29 is 9.84 Å². The van der Waals surface area contributed by atoms with Crippen LogP contribution in [-0.4, -0.2) is 53.5 Å². The number of terminal acetylenes is 1. The van der Waals surface area contributed by atoms with E-state index < -0.39 is 5.60 Å². The molecule has 1 fully saturated rings. The molecule has 0 spiro atoms. The molecule has 2 aromatic carbocycles. The first-order valence-corrected chi connectivity index (χ1v) is 27.4. The second kappa shape index (κ2) is 33.0. The lowest BCUT2D eigenvalue weighted by atomic mass is 9.80. The second-order valence-corrected chi connectivity index (χ2v) is 21.7. The largest absolute Gasteiger partial charge is 0.503 e. The zero-order valence-corrected chi connectivity index (χ0v) is 48.8. The lowest BCUT2D eigenvalue weighted by molar-refractivity contribution is 0.0328. The first-order valence-electron chi connectivity index (χ1n) is 27.4. The molecule has 0 saturated heterocycles. The summed E-state index contributed by atoms with van der Waals surface area (Å²) in [6.45, 7) is 44.4. The van der Waals surface area contributed by atoms with Crippen LogP contribution in [0.5, 0.6) is 0 Å². The van der Waals surface area contributed by atoms with Gasteiger partial charge in [0.2, 0.25) is 0 Å². The zero-order valence-electron chi connectivity index (χ0n) is 48.8. The highest BCUT2D eigenvalue weighted by Gasteiger charge is 2.35. The summed E-state index contributed by atoms with van der Waals surface area (Å²) < 4.78 is 7.54. The number of allylic oxidation sites excluding steroid dienone is 1. The van der Waals surface area contributed by atoms with E-state index in [1.807, 2.05) is 47.9 Å². The Balaban J connectivity index is 0.000000926. The average molecular weight is 953 g/mol. The van der Waals surface area contributed by atoms with Gasteiger partial charge < -0.3 is 24.6 Å². The molecule has 0 bridgehead atoms. The first-order chi connectivity index (χ1) is 32.5. The van der Waals surface area contributed by atoms with Crippen LogP contribution in [0, 0.1) is 53.8 Å². The van der Waals surface area contributed by atoms with Gasteiger partial charge in [-0.15, -0.1) is 6.42 Å². The highest BCUT2D eigenvalue weighted by atomic mass is 16.5. The molecule has 392 valence electrons. The normalized spacial score (nSPS) is 18.9. The van der Waals surface area contributed by atoms with Gasteiger partial charge in [0.05, 0.1) is 19.0 Å². The van der Waals surface area contributed by atoms with Crippen LogP contribution < -0.4 is 5.32 Å². The van der Waals surface area contributed by atoms with E-state index in [9.17, 15) is 5.11 Å². The van der Waals surface area contributed by atoms with Gasteiger partial charge in [0.15, 0.2) is 0 Å². The number of aryl methyl sites for hydroxylation is 1. The summed E-state index contributed by atoms with van der Waals surface area (Å²) in [5.41, 5.74) is 11.0. The summed E-state index contributed by atoms with van der Waals surface area (Å²) in [4.78, 5) is 2.29. The van der Waals surface area contributed by atoms with Crippen LogP contribution in [0.1, 0.15) is 192 Å². The predicted molar refractivity (Wildman–Crippen MR) is 308 cm³/mol. The summed E-state index contributed by atoms with van der Waals surface area (Å²) >= 11 is 0. The van der Waals surface area contributed by atoms with Crippen LogP contribution in [0.25, 0.3) is 22.3 Å². The molecule has 1 aliphatic carbocycles. The van der Waals surface area contributed by atoms with E-state index in [1.165, 1.54) is 64.9 Å². The third kappa shape index (κ3) is 21.7. The van der Waals surface area contributed by atoms with E-state index in [4.69, 9.17) is 11.2 Å². The molecule has 5 unspecified atom stereocenters. The molecule has 2 heterocycles. The average Bonchev–Trinajstić information content (AvgIpc) is 3.81. The Morgan fingerprint density at radius 2 is 1.48 bits per heavy atom. The molecule has 3 aromatic rings. The molecular weight excluding hydrogens is 843 g/mol. The first kappa shape index (κ1) is 65.3. The van der Waals surface area contributed by atoms with Crippen molar-refractivity contribution in [3.8, 4) is 34.6 Å². The van der Waals surface area contributed by atoms with Crippen molar-refractivity contribution in [1.29, 1.82) is 0 Å². The van der Waals surface area contributed by atoms with Gasteiger partial charge in [-0.1, -0.05) is 189 Å². The molecule has 2 N–H and O–H groups in total. The topological polar surface area (TPSA) is 49.7 Å². The lowest BCUT2D eigenvalue weighted by Gasteiger charge is -2.36. The molecule has 69 heavy (non-hydrogen) atoms. The number of aromatic nitrogens is 1. The molecule has 0 amide bonds. The van der Waals surface area contributed by atoms with Gasteiger partial charge in [0.25, 0.3) is 0 Å². The van der Waals surface area contributed by atoms with Crippen molar-refractivity contribution in [2.45, 2.75) is 219 Å². The predicted octanol–water partition coefficient (Wildman–Crippen LogP) is 17.4. The van der Waals surface area contributed by atoms with Crippen molar-refractivity contribution >= 4 is 0 Å². The van der Waals surface area contributed by atoms with Crippen LogP contribution in [0.3, 0.4) is 0 Å². The maximum absolute atomic E-state index is 10.2. The van der Waals surface area contributed by atoms with E-state index >= 15 is 0 Å². The molecule has 6 atom stereocenters. The lowest BCUT2D eigenvalue weighted by Crippen LogP contribution is -2.36. The molecule has 5 rings (SSSR count). The van der Waals surface area contributed by atoms with Crippen LogP contribution in [0.2, 0.25) is 0 Å². The summed E-state index contributed by atoms with van der Waals surface area (Å²) in [5.74, 6) is 5.25. The number of aliphatic hydroxyl groups is 1. The number of hydrogen-bond donors (Lipinski definition) is 2. The molecule has 1 saturated carbocycles. The summed E-state index contributed by atoms with van der Waals surface area (Å²) in [5, 5.41) is 13.4. The number of methoxy groups -OCH3 is 1. The zero-order chi connectivity index (χ0) is 53.1. The molecular formula is C64H109N3O2. The number of nitrogens with zero attached hydrogens (tertiary/aromatic N) is 2. The maximum atomic E-state index is 10.2. The third-order valence-corrected chi connectivity index (χ3v) is 14.9. The fraction of sp³-hybridized carbons (Fsp3) is 0.656. The number of fused-ring (bicyclic) bond motifs is 1. The monoisotopic (exact) mass is 952 g/mol. The molecule has 1 aromatic heterocycles. The van der Waals surface area contributed by atoms with Crippen molar-refractivity contribution in [3.05, 3.63) is 96.2 Å². The Labute approximate surface area is 428 Å². The number of ether oxygens (including phenoxy) is 1. The van der Waals surface area contributed by atoms with Gasteiger partial charge in [-0.2, -0.15) is 0 Å². The maximum Gasteiger partial charge on any atom is 0.0983 e. The number of nitrogens with one attached hydrogen (secondary N) is 1. The Bertz CT molecular complexity index is 1880. The fourth-order valence-electron chi connectivity index (χ4n) is 9.94. The van der Waals surface area contributed by atoms with Gasteiger partial charge in [-0.3, -0.25) is 0 Å². The fourth-order valence-corrected chi connectivity index (χ4v) is 9.94. The Hall–Kier alpha value is -3.72. The highest BCUT2D eigenvalue weighted by molar-refractivity contribution is 5.88. The van der Waals surface area contributed by atoms with Gasteiger partial charge >= 0.3 is 0 Å². The van der Waals surface area contributed by atoms with Crippen molar-refractivity contribution in [3.63, 3.8) is 0 Å². The van der Waals surface area contributed by atoms with Crippen LogP contribution in [0.4, 0.5) is 0 Å². The number of rotatable bonds is 17. The highest BCUT2D eigenvalue weighted by Crippen LogP contribution is 2.47. The minimum Gasteiger partial charge on any atom is -0.503 e. The van der Waals surface area contributed by atoms with Gasteiger partial charge in [0.1, 0.15) is 0 Å². The standard InChI is InChI=1S/C24H27N.C16H28O.C12H23NO.C8H19N.2C2H6/c1-5-20-22(19-13-11-17(2)12-14-19)23(18-9-7-6-8-10-18)21-15-24(3,4)16-25(20)21;1-7-11-16(6,17)12-10-15(9-3)14(5)13(4)8-2;1-10-7-11(2)9-12(8-10)13(3)5-6-14-4;1-6-8(3,4)7(2)9-5;2*1-2/h6-14H,5,15-16H2,1-4H3;2,14-15,17H,4,7,9-12H2,1,3,5-6H3;5-6,10-12H,7-9H2,1-4H3;7,9H,6H2,1-5H3;2*1-2H3/b;;6-5-;;;/t;14?,15?,16-;;;;/m.1..../s1. The molecule has 5 heteroatoms. The SMILES string of the molecule is C#CC(=C)C(C)C(CC)CC[C@](C)(O)CCC.CC.CC.CCC(C)(C)C(C)NC.CCc1c(-c2ccc(C)cc2)c(-c2ccccc2)c2n1CC(C)(C)C2.CO/C=C\N(C)C1CC(C)CC(C)C1. The van der Waals surface area contributed by atoms with E-state index in [2.05, 4.69) is 179 Å². The molecule has 2 aliphatic rings. The quantitative estimate of drug-likeness (QED) is 0.105. The van der Waals surface area contributed by atoms with Crippen molar-refractivity contribution in [2.75, 3.05) is 21.2 Å². The van der Waals surface area contributed by atoms with E-state index in [0.29, 0.717) is 34.7 Å². The van der Waals surface area contributed by atoms with Crippen LogP contribution in [-0.2, 0) is 24.1 Å².